The highest BCUT2D eigenvalue weighted by molar-refractivity contribution is 6.33. The van der Waals surface area contributed by atoms with Gasteiger partial charge in [-0.3, -0.25) is 9.59 Å². The molecule has 1 aromatic heterocycles. The minimum absolute atomic E-state index is 0.0718. The molecule has 0 atom stereocenters. The van der Waals surface area contributed by atoms with Crippen molar-refractivity contribution in [2.24, 2.45) is 0 Å². The van der Waals surface area contributed by atoms with Gasteiger partial charge in [0.25, 0.3) is 11.8 Å². The maximum absolute atomic E-state index is 13.3. The molecule has 1 saturated heterocycles. The van der Waals surface area contributed by atoms with Crippen LogP contribution in [0.4, 0.5) is 4.39 Å². The van der Waals surface area contributed by atoms with Gasteiger partial charge in [-0.15, -0.1) is 0 Å². The van der Waals surface area contributed by atoms with E-state index < -0.39 is 5.82 Å². The summed E-state index contributed by atoms with van der Waals surface area (Å²) in [6.45, 7) is 1.60. The van der Waals surface area contributed by atoms with Gasteiger partial charge >= 0.3 is 0 Å². The van der Waals surface area contributed by atoms with E-state index in [0.29, 0.717) is 31.9 Å². The summed E-state index contributed by atoms with van der Waals surface area (Å²) in [5.74, 6) is 0.462. The summed E-state index contributed by atoms with van der Waals surface area (Å²) in [7, 11) is 0. The number of furan rings is 1. The molecule has 0 unspecified atom stereocenters. The van der Waals surface area contributed by atoms with E-state index in [2.05, 4.69) is 0 Å². The zero-order chi connectivity index (χ0) is 24.4. The van der Waals surface area contributed by atoms with Crippen molar-refractivity contribution < 1.29 is 23.1 Å². The van der Waals surface area contributed by atoms with Crippen molar-refractivity contribution in [3.63, 3.8) is 0 Å². The second-order valence-electron chi connectivity index (χ2n) is 8.27. The molecule has 1 aliphatic rings. The van der Waals surface area contributed by atoms with Crippen LogP contribution in [-0.2, 0) is 6.61 Å². The highest BCUT2D eigenvalue weighted by Crippen LogP contribution is 2.23. The van der Waals surface area contributed by atoms with Crippen LogP contribution in [0.25, 0.3) is 10.8 Å². The number of carbonyl (C=O) groups excluding carboxylic acids is 2. The lowest BCUT2D eigenvalue weighted by atomic mass is 10.1. The number of nitrogens with zero attached hydrogens (tertiary/aromatic N) is 2. The van der Waals surface area contributed by atoms with Gasteiger partial charge in [-0.25, -0.2) is 4.39 Å². The number of rotatable bonds is 5. The van der Waals surface area contributed by atoms with E-state index in [4.69, 9.17) is 20.8 Å². The predicted molar refractivity (Wildman–Crippen MR) is 130 cm³/mol. The smallest absolute Gasteiger partial charge is 0.289 e. The molecule has 0 N–H and O–H groups in total. The fourth-order valence-electron chi connectivity index (χ4n) is 4.08. The molecule has 3 aromatic carbocycles. The number of carbonyl (C=O) groups is 2. The molecule has 0 bridgehead atoms. The first-order valence-electron chi connectivity index (χ1n) is 11.2. The summed E-state index contributed by atoms with van der Waals surface area (Å²) < 4.78 is 24.8. The Morgan fingerprint density at radius 1 is 0.857 bits per heavy atom. The minimum Gasteiger partial charge on any atom is -0.486 e. The summed E-state index contributed by atoms with van der Waals surface area (Å²) in [5.41, 5.74) is 0.245. The lowest BCUT2D eigenvalue weighted by molar-refractivity contribution is 0.0516. The normalized spacial score (nSPS) is 13.8. The first kappa shape index (κ1) is 22.9. The Morgan fingerprint density at radius 3 is 2.31 bits per heavy atom. The van der Waals surface area contributed by atoms with Crippen molar-refractivity contribution in [1.29, 1.82) is 0 Å². The second-order valence-corrected chi connectivity index (χ2v) is 8.68. The number of benzene rings is 3. The van der Waals surface area contributed by atoms with Gasteiger partial charge in [0.15, 0.2) is 5.76 Å². The third-order valence-corrected chi connectivity index (χ3v) is 6.30. The zero-order valence-corrected chi connectivity index (χ0v) is 19.5. The van der Waals surface area contributed by atoms with E-state index in [1.165, 1.54) is 12.1 Å². The molecule has 5 rings (SSSR count). The topological polar surface area (TPSA) is 63.0 Å². The van der Waals surface area contributed by atoms with E-state index in [1.807, 2.05) is 42.5 Å². The van der Waals surface area contributed by atoms with Crippen LogP contribution in [0.2, 0.25) is 5.02 Å². The average Bonchev–Trinajstić information content (AvgIpc) is 3.36. The molecule has 6 nitrogen and oxygen atoms in total. The highest BCUT2D eigenvalue weighted by atomic mass is 35.5. The average molecular weight is 493 g/mol. The van der Waals surface area contributed by atoms with Crippen LogP contribution in [0.5, 0.6) is 5.75 Å². The number of ether oxygens (including phenoxy) is 1. The number of halogens is 2. The Labute approximate surface area is 206 Å². The largest absolute Gasteiger partial charge is 0.486 e. The quantitative estimate of drug-likeness (QED) is 0.374. The Hall–Kier alpha value is -3.84. The molecule has 1 aliphatic heterocycles. The summed E-state index contributed by atoms with van der Waals surface area (Å²) in [4.78, 5) is 28.9. The third-order valence-electron chi connectivity index (χ3n) is 5.99. The van der Waals surface area contributed by atoms with Crippen LogP contribution in [0, 0.1) is 5.82 Å². The van der Waals surface area contributed by atoms with E-state index in [9.17, 15) is 14.0 Å². The molecule has 0 spiro atoms. The monoisotopic (exact) mass is 492 g/mol. The van der Waals surface area contributed by atoms with Gasteiger partial charge in [-0.2, -0.15) is 0 Å². The highest BCUT2D eigenvalue weighted by Gasteiger charge is 2.28. The molecule has 4 aromatic rings. The number of piperazine rings is 1. The molecular weight excluding hydrogens is 471 g/mol. The fourth-order valence-corrected chi connectivity index (χ4v) is 4.33. The van der Waals surface area contributed by atoms with Crippen molar-refractivity contribution in [2.45, 2.75) is 6.61 Å². The zero-order valence-electron chi connectivity index (χ0n) is 18.7. The molecule has 35 heavy (non-hydrogen) atoms. The molecule has 178 valence electrons. The fraction of sp³-hybridized carbons (Fsp3) is 0.185. The van der Waals surface area contributed by atoms with Crippen LogP contribution < -0.4 is 4.74 Å². The lowest BCUT2D eigenvalue weighted by Gasteiger charge is -2.34. The predicted octanol–water partition coefficient (Wildman–Crippen LogP) is 5.40. The van der Waals surface area contributed by atoms with Crippen molar-refractivity contribution in [2.75, 3.05) is 26.2 Å². The van der Waals surface area contributed by atoms with E-state index in [1.54, 1.807) is 21.9 Å². The van der Waals surface area contributed by atoms with E-state index in [0.717, 1.165) is 22.6 Å². The molecule has 2 heterocycles. The Morgan fingerprint density at radius 2 is 1.57 bits per heavy atom. The summed E-state index contributed by atoms with van der Waals surface area (Å²) in [6, 6.07) is 20.9. The van der Waals surface area contributed by atoms with Gasteiger partial charge in [0.2, 0.25) is 0 Å². The Bertz CT molecular complexity index is 1390. The van der Waals surface area contributed by atoms with Gasteiger partial charge < -0.3 is 19.0 Å². The van der Waals surface area contributed by atoms with Crippen LogP contribution in [0.15, 0.2) is 77.2 Å². The number of amides is 2. The summed E-state index contributed by atoms with van der Waals surface area (Å²) in [5, 5.41) is 2.29. The maximum Gasteiger partial charge on any atom is 0.289 e. The van der Waals surface area contributed by atoms with Crippen molar-refractivity contribution >= 4 is 34.2 Å². The lowest BCUT2D eigenvalue weighted by Crippen LogP contribution is -2.50. The standard InChI is InChI=1S/C27H22ClFN2O4/c28-24-16-20(29)6-9-23(24)26(32)30-11-13-31(14-12-30)27(33)25-10-8-22(35-25)17-34-21-7-5-18-3-1-2-4-19(18)15-21/h1-10,15-16H,11-14,17H2. The van der Waals surface area contributed by atoms with Gasteiger partial charge in [0, 0.05) is 26.2 Å². The molecule has 2 amide bonds. The van der Waals surface area contributed by atoms with Crippen LogP contribution in [-0.4, -0.2) is 47.8 Å². The SMILES string of the molecule is O=C(c1ccc(COc2ccc3ccccc3c2)o1)N1CCN(C(=O)c2ccc(F)cc2Cl)CC1. The van der Waals surface area contributed by atoms with Gasteiger partial charge in [0.1, 0.15) is 23.9 Å². The van der Waals surface area contributed by atoms with Gasteiger partial charge in [-0.1, -0.05) is 41.9 Å². The first-order chi connectivity index (χ1) is 17.0. The molecular formula is C27H22ClFN2O4. The molecule has 0 aliphatic carbocycles. The molecule has 0 radical (unpaired) electrons. The van der Waals surface area contributed by atoms with Crippen molar-refractivity contribution in [1.82, 2.24) is 9.80 Å². The van der Waals surface area contributed by atoms with Crippen molar-refractivity contribution in [3.8, 4) is 5.75 Å². The second kappa shape index (κ2) is 9.80. The summed E-state index contributed by atoms with van der Waals surface area (Å²) in [6.07, 6.45) is 0. The van der Waals surface area contributed by atoms with Crippen LogP contribution in [0.1, 0.15) is 26.7 Å². The Kier molecular flexibility index (Phi) is 6.42. The van der Waals surface area contributed by atoms with Crippen molar-refractivity contribution in [3.05, 3.63) is 101 Å². The summed E-state index contributed by atoms with van der Waals surface area (Å²) >= 11 is 6.02. The number of fused-ring (bicyclic) bond motifs is 1. The number of hydrogen-bond donors (Lipinski definition) is 0. The van der Waals surface area contributed by atoms with Crippen LogP contribution >= 0.6 is 11.6 Å². The van der Waals surface area contributed by atoms with Gasteiger partial charge in [0.05, 0.1) is 10.6 Å². The Balaban J connectivity index is 1.16. The minimum atomic E-state index is -0.498. The first-order valence-corrected chi connectivity index (χ1v) is 11.6. The van der Waals surface area contributed by atoms with E-state index in [-0.39, 0.29) is 34.8 Å². The third kappa shape index (κ3) is 5.00. The molecule has 1 fully saturated rings. The van der Waals surface area contributed by atoms with E-state index >= 15 is 0 Å². The van der Waals surface area contributed by atoms with Gasteiger partial charge in [-0.05, 0) is 53.2 Å². The molecule has 8 heteroatoms. The maximum atomic E-state index is 13.3. The molecule has 0 saturated carbocycles. The number of hydrogen-bond acceptors (Lipinski definition) is 4. The van der Waals surface area contributed by atoms with Crippen LogP contribution in [0.3, 0.4) is 0 Å².